The second-order valence-corrected chi connectivity index (χ2v) is 17.7. The molecule has 0 aromatic carbocycles. The molecule has 0 rings (SSSR count). The summed E-state index contributed by atoms with van der Waals surface area (Å²) in [5.41, 5.74) is 0. The molecule has 6 heteroatoms. The van der Waals surface area contributed by atoms with Gasteiger partial charge in [0.15, 0.2) is 6.10 Å². The molecule has 0 radical (unpaired) electrons. The predicted molar refractivity (Wildman–Crippen MR) is 297 cm³/mol. The summed E-state index contributed by atoms with van der Waals surface area (Å²) in [6.45, 7) is 6.26. The standard InChI is InChI=1S/C63H100O6/c1-4-7-10-13-15-17-19-21-23-25-27-29-31-33-35-37-39-41-43-45-47-50-53-56-62(65)68-59-60(58-67-61(64)55-52-49-12-9-6-3)69-63(66)57-54-51-48-46-44-42-40-38-36-34-32-30-28-26-24-22-20-18-16-14-11-8-5-2/h7-8,10-11,15-18,21-24,27-30,33,35,39,41,45,47,60H,4-6,9,12-14,19-20,25-26,31-32,34,36-38,40,42-44,46,48-59H2,1-3H3/b10-7-,11-8-,17-15-,18-16-,23-21-,24-22-,29-27-,30-28-,35-33-,41-39-,47-45-. The van der Waals surface area contributed by atoms with Crippen LogP contribution in [0.1, 0.15) is 226 Å². The fourth-order valence-corrected chi connectivity index (χ4v) is 7.07. The second kappa shape index (κ2) is 56.1. The van der Waals surface area contributed by atoms with E-state index in [-0.39, 0.29) is 37.5 Å². The van der Waals surface area contributed by atoms with Gasteiger partial charge in [0.25, 0.3) is 0 Å². The molecule has 0 aromatic heterocycles. The summed E-state index contributed by atoms with van der Waals surface area (Å²) >= 11 is 0. The fourth-order valence-electron chi connectivity index (χ4n) is 7.07. The zero-order chi connectivity index (χ0) is 50.0. The predicted octanol–water partition coefficient (Wildman–Crippen LogP) is 18.6. The number of ether oxygens (including phenoxy) is 3. The van der Waals surface area contributed by atoms with Crippen molar-refractivity contribution in [1.29, 1.82) is 0 Å². The second-order valence-electron chi connectivity index (χ2n) is 17.7. The number of hydrogen-bond acceptors (Lipinski definition) is 6. The van der Waals surface area contributed by atoms with E-state index >= 15 is 0 Å². The summed E-state index contributed by atoms with van der Waals surface area (Å²) in [7, 11) is 0. The lowest BCUT2D eigenvalue weighted by Crippen LogP contribution is -2.30. The minimum absolute atomic E-state index is 0.103. The quantitative estimate of drug-likeness (QED) is 0.0262. The molecule has 69 heavy (non-hydrogen) atoms. The number of hydrogen-bond donors (Lipinski definition) is 0. The molecule has 0 spiro atoms. The molecule has 388 valence electrons. The Morgan fingerprint density at radius 2 is 0.580 bits per heavy atom. The molecule has 0 bridgehead atoms. The Labute approximate surface area is 424 Å². The Balaban J connectivity index is 4.26. The first-order valence-corrected chi connectivity index (χ1v) is 27.7. The largest absolute Gasteiger partial charge is 0.462 e. The molecular weight excluding hydrogens is 853 g/mol. The van der Waals surface area contributed by atoms with Gasteiger partial charge in [-0.2, -0.15) is 0 Å². The lowest BCUT2D eigenvalue weighted by molar-refractivity contribution is -0.167. The van der Waals surface area contributed by atoms with Crippen molar-refractivity contribution < 1.29 is 28.6 Å². The molecular formula is C63H100O6. The third-order valence-corrected chi connectivity index (χ3v) is 11.2. The summed E-state index contributed by atoms with van der Waals surface area (Å²) in [5.74, 6) is -0.990. The van der Waals surface area contributed by atoms with Gasteiger partial charge in [0.2, 0.25) is 0 Å². The highest BCUT2D eigenvalue weighted by molar-refractivity contribution is 5.71. The third-order valence-electron chi connectivity index (χ3n) is 11.2. The van der Waals surface area contributed by atoms with E-state index in [1.807, 2.05) is 0 Å². The van der Waals surface area contributed by atoms with Crippen LogP contribution in [-0.2, 0) is 28.6 Å². The minimum atomic E-state index is -0.805. The van der Waals surface area contributed by atoms with Crippen LogP contribution in [0, 0.1) is 0 Å². The van der Waals surface area contributed by atoms with Gasteiger partial charge in [0.05, 0.1) is 0 Å². The van der Waals surface area contributed by atoms with E-state index in [4.69, 9.17) is 14.2 Å². The minimum Gasteiger partial charge on any atom is -0.462 e. The molecule has 1 unspecified atom stereocenters. The Hall–Kier alpha value is -4.45. The highest BCUT2D eigenvalue weighted by Crippen LogP contribution is 2.14. The van der Waals surface area contributed by atoms with Crippen molar-refractivity contribution in [1.82, 2.24) is 0 Å². The van der Waals surface area contributed by atoms with Crippen LogP contribution in [-0.4, -0.2) is 37.2 Å². The highest BCUT2D eigenvalue weighted by atomic mass is 16.6. The van der Waals surface area contributed by atoms with Gasteiger partial charge in [-0.3, -0.25) is 14.4 Å². The van der Waals surface area contributed by atoms with Crippen molar-refractivity contribution in [3.05, 3.63) is 134 Å². The number of esters is 3. The number of allylic oxidation sites excluding steroid dienone is 22. The number of carbonyl (C=O) groups excluding carboxylic acids is 3. The van der Waals surface area contributed by atoms with Gasteiger partial charge in [-0.05, 0) is 109 Å². The molecule has 0 aliphatic heterocycles. The van der Waals surface area contributed by atoms with E-state index in [0.29, 0.717) is 19.3 Å². The molecule has 6 nitrogen and oxygen atoms in total. The first-order valence-electron chi connectivity index (χ1n) is 27.7. The molecule has 0 aliphatic carbocycles. The summed E-state index contributed by atoms with van der Waals surface area (Å²) in [6, 6.07) is 0. The molecule has 0 N–H and O–H groups in total. The molecule has 1 atom stereocenters. The molecule has 0 aromatic rings. The number of unbranched alkanes of at least 4 members (excludes halogenated alkanes) is 15. The van der Waals surface area contributed by atoms with Crippen molar-refractivity contribution in [2.75, 3.05) is 13.2 Å². The number of rotatable bonds is 48. The van der Waals surface area contributed by atoms with Gasteiger partial charge in [-0.15, -0.1) is 0 Å². The smallest absolute Gasteiger partial charge is 0.306 e. The van der Waals surface area contributed by atoms with Gasteiger partial charge in [-0.1, -0.05) is 231 Å². The van der Waals surface area contributed by atoms with Crippen molar-refractivity contribution in [3.63, 3.8) is 0 Å². The number of carbonyl (C=O) groups is 3. The van der Waals surface area contributed by atoms with Crippen molar-refractivity contribution in [3.8, 4) is 0 Å². The zero-order valence-corrected chi connectivity index (χ0v) is 44.3. The first kappa shape index (κ1) is 64.5. The van der Waals surface area contributed by atoms with Gasteiger partial charge in [-0.25, -0.2) is 0 Å². The fraction of sp³-hybridized carbons (Fsp3) is 0.603. The summed E-state index contributed by atoms with van der Waals surface area (Å²) < 4.78 is 16.6. The Bertz CT molecular complexity index is 1510. The van der Waals surface area contributed by atoms with Gasteiger partial charge in [0, 0.05) is 19.3 Å². The van der Waals surface area contributed by atoms with Crippen LogP contribution in [0.2, 0.25) is 0 Å². The van der Waals surface area contributed by atoms with E-state index in [9.17, 15) is 14.4 Å². The van der Waals surface area contributed by atoms with Crippen molar-refractivity contribution in [2.45, 2.75) is 232 Å². The van der Waals surface area contributed by atoms with Crippen LogP contribution in [0.4, 0.5) is 0 Å². The lowest BCUT2D eigenvalue weighted by atomic mass is 10.0. The Morgan fingerprint density at radius 3 is 0.942 bits per heavy atom. The first-order chi connectivity index (χ1) is 34.0. The van der Waals surface area contributed by atoms with Crippen LogP contribution in [0.5, 0.6) is 0 Å². The monoisotopic (exact) mass is 953 g/mol. The maximum Gasteiger partial charge on any atom is 0.306 e. The Morgan fingerprint density at radius 1 is 0.304 bits per heavy atom. The van der Waals surface area contributed by atoms with Crippen LogP contribution in [0.3, 0.4) is 0 Å². The normalized spacial score (nSPS) is 13.1. The maximum atomic E-state index is 12.8. The maximum absolute atomic E-state index is 12.8. The lowest BCUT2D eigenvalue weighted by Gasteiger charge is -2.18. The average Bonchev–Trinajstić information content (AvgIpc) is 3.35. The van der Waals surface area contributed by atoms with Crippen molar-refractivity contribution >= 4 is 17.9 Å². The highest BCUT2D eigenvalue weighted by Gasteiger charge is 2.19. The summed E-state index contributed by atoms with van der Waals surface area (Å²) in [5, 5.41) is 0. The van der Waals surface area contributed by atoms with Gasteiger partial charge < -0.3 is 14.2 Å². The third kappa shape index (κ3) is 54.4. The van der Waals surface area contributed by atoms with Crippen molar-refractivity contribution in [2.24, 2.45) is 0 Å². The van der Waals surface area contributed by atoms with Crippen LogP contribution in [0.15, 0.2) is 134 Å². The van der Waals surface area contributed by atoms with E-state index < -0.39 is 6.10 Å². The summed E-state index contributed by atoms with van der Waals surface area (Å²) in [4.78, 5) is 37.8. The van der Waals surface area contributed by atoms with Gasteiger partial charge in [0.1, 0.15) is 13.2 Å². The topological polar surface area (TPSA) is 78.9 Å². The Kier molecular flexibility index (Phi) is 52.5. The van der Waals surface area contributed by atoms with E-state index in [0.717, 1.165) is 128 Å². The molecule has 0 heterocycles. The molecule has 0 fully saturated rings. The molecule has 0 saturated heterocycles. The van der Waals surface area contributed by atoms with Crippen LogP contribution in [0.25, 0.3) is 0 Å². The van der Waals surface area contributed by atoms with Crippen LogP contribution >= 0.6 is 0 Å². The van der Waals surface area contributed by atoms with E-state index in [1.54, 1.807) is 0 Å². The molecule has 0 amide bonds. The van der Waals surface area contributed by atoms with Crippen LogP contribution < -0.4 is 0 Å². The van der Waals surface area contributed by atoms with E-state index in [1.165, 1.54) is 51.4 Å². The van der Waals surface area contributed by atoms with Gasteiger partial charge >= 0.3 is 17.9 Å². The average molecular weight is 953 g/mol. The van der Waals surface area contributed by atoms with E-state index in [2.05, 4.69) is 154 Å². The summed E-state index contributed by atoms with van der Waals surface area (Å²) in [6.07, 6.45) is 79.2. The molecule has 0 aliphatic rings. The SMILES string of the molecule is CC/C=C\C/C=C\C/C=C\C/C=C\C/C=C\C/C=C\C/C=C\CCCC(=O)OCC(COC(=O)CCCCCCC)OC(=O)CCCCCCCCCCCC/C=C\C/C=C\C/C=C\C/C=C\CC. The molecule has 0 saturated carbocycles. The zero-order valence-electron chi connectivity index (χ0n) is 44.3.